The molecule has 2 aromatic carbocycles. The average Bonchev–Trinajstić information content (AvgIpc) is 3.23. The first-order chi connectivity index (χ1) is 16.0. The zero-order chi connectivity index (χ0) is 23.4. The highest BCUT2D eigenvalue weighted by atomic mass is 16.5. The highest BCUT2D eigenvalue weighted by molar-refractivity contribution is 6.07. The molecule has 0 saturated carbocycles. The minimum Gasteiger partial charge on any atom is -0.497 e. The molecule has 33 heavy (non-hydrogen) atoms. The van der Waals surface area contributed by atoms with E-state index >= 15 is 0 Å². The van der Waals surface area contributed by atoms with Crippen LogP contribution in [0.2, 0.25) is 0 Å². The molecule has 0 fully saturated rings. The molecule has 1 aliphatic carbocycles. The minimum absolute atomic E-state index is 0.291. The van der Waals surface area contributed by atoms with E-state index < -0.39 is 12.1 Å². The number of nitrogens with one attached hydrogen (secondary N) is 1. The molecule has 0 saturated heterocycles. The largest absolute Gasteiger partial charge is 0.497 e. The van der Waals surface area contributed by atoms with Crippen LogP contribution in [0.3, 0.4) is 0 Å². The summed E-state index contributed by atoms with van der Waals surface area (Å²) in [5, 5.41) is 3.52. The van der Waals surface area contributed by atoms with Crippen molar-refractivity contribution in [1.29, 1.82) is 0 Å². The molecule has 170 valence electrons. The molecule has 0 aliphatic heterocycles. The fraction of sp³-hybridized carbons (Fsp3) is 0.296. The number of esters is 1. The Bertz CT molecular complexity index is 1210. The van der Waals surface area contributed by atoms with Crippen LogP contribution in [0.5, 0.6) is 5.75 Å². The Labute approximate surface area is 193 Å². The van der Waals surface area contributed by atoms with Crippen molar-refractivity contribution in [3.63, 3.8) is 0 Å². The highest BCUT2D eigenvalue weighted by Gasteiger charge is 2.29. The van der Waals surface area contributed by atoms with Gasteiger partial charge in [0.25, 0.3) is 5.91 Å². The van der Waals surface area contributed by atoms with Crippen LogP contribution in [-0.2, 0) is 16.0 Å². The van der Waals surface area contributed by atoms with E-state index in [2.05, 4.69) is 11.4 Å². The van der Waals surface area contributed by atoms with Gasteiger partial charge >= 0.3 is 5.97 Å². The number of fused-ring (bicyclic) bond motifs is 2. The van der Waals surface area contributed by atoms with Crippen LogP contribution in [-0.4, -0.2) is 36.6 Å². The Morgan fingerprint density at radius 2 is 1.88 bits per heavy atom. The lowest BCUT2D eigenvalue weighted by atomic mass is 10.0. The molecule has 1 aromatic heterocycles. The molecule has 0 radical (unpaired) electrons. The van der Waals surface area contributed by atoms with Crippen LogP contribution in [0.15, 0.2) is 48.5 Å². The van der Waals surface area contributed by atoms with Crippen LogP contribution >= 0.6 is 0 Å². The van der Waals surface area contributed by atoms with Crippen LogP contribution < -0.4 is 10.1 Å². The highest BCUT2D eigenvalue weighted by Crippen LogP contribution is 2.38. The molecule has 4 rings (SSSR count). The molecule has 3 aromatic rings. The van der Waals surface area contributed by atoms with Gasteiger partial charge in [0.2, 0.25) is 0 Å². The zero-order valence-corrected chi connectivity index (χ0v) is 19.2. The predicted molar refractivity (Wildman–Crippen MR) is 129 cm³/mol. The SMILES string of the molecule is CCCNC(=O)C(C)OC(=O)c1c2c(nc3ccccc13)/C(=C/c1ccc(OC)cc1)CC2. The van der Waals surface area contributed by atoms with Gasteiger partial charge in [-0.15, -0.1) is 0 Å². The van der Waals surface area contributed by atoms with Gasteiger partial charge in [-0.25, -0.2) is 9.78 Å². The molecule has 6 heteroatoms. The molecule has 0 spiro atoms. The van der Waals surface area contributed by atoms with Gasteiger partial charge < -0.3 is 14.8 Å². The number of benzene rings is 2. The lowest BCUT2D eigenvalue weighted by Crippen LogP contribution is -2.36. The molecule has 1 heterocycles. The van der Waals surface area contributed by atoms with Crippen LogP contribution in [0.1, 0.15) is 53.9 Å². The normalized spacial score (nSPS) is 14.7. The molecule has 1 aliphatic rings. The van der Waals surface area contributed by atoms with E-state index in [1.54, 1.807) is 14.0 Å². The molecule has 1 amide bonds. The fourth-order valence-corrected chi connectivity index (χ4v) is 4.08. The molecule has 1 N–H and O–H groups in total. The molecular weight excluding hydrogens is 416 g/mol. The quantitative estimate of drug-likeness (QED) is 0.530. The number of hydrogen-bond acceptors (Lipinski definition) is 5. The second-order valence-corrected chi connectivity index (χ2v) is 8.11. The Morgan fingerprint density at radius 3 is 2.61 bits per heavy atom. The maximum Gasteiger partial charge on any atom is 0.339 e. The molecule has 1 atom stereocenters. The number of methoxy groups -OCH3 is 1. The number of pyridine rings is 1. The number of hydrogen-bond donors (Lipinski definition) is 1. The summed E-state index contributed by atoms with van der Waals surface area (Å²) in [6.45, 7) is 4.12. The standard InChI is InChI=1S/C27H28N2O4/c1-4-15-28-26(30)17(2)33-27(31)24-21-7-5-6-8-23(21)29-25-19(11-14-22(24)25)16-18-9-12-20(32-3)13-10-18/h5-10,12-13,16-17H,4,11,14-15H2,1-3H3,(H,28,30)/b19-16+. The summed E-state index contributed by atoms with van der Waals surface area (Å²) in [6.07, 6.45) is 3.51. The Morgan fingerprint density at radius 1 is 1.12 bits per heavy atom. The Hall–Kier alpha value is -3.67. The summed E-state index contributed by atoms with van der Waals surface area (Å²) in [4.78, 5) is 30.4. The van der Waals surface area contributed by atoms with E-state index in [1.165, 1.54) is 0 Å². The molecule has 6 nitrogen and oxygen atoms in total. The number of nitrogens with zero attached hydrogens (tertiary/aromatic N) is 1. The van der Waals surface area contributed by atoms with E-state index in [0.717, 1.165) is 51.9 Å². The van der Waals surface area contributed by atoms with Crippen molar-refractivity contribution >= 4 is 34.4 Å². The number of carbonyl (C=O) groups excluding carboxylic acids is 2. The second kappa shape index (κ2) is 9.86. The van der Waals surface area contributed by atoms with Crippen molar-refractivity contribution in [3.8, 4) is 5.75 Å². The van der Waals surface area contributed by atoms with Crippen molar-refractivity contribution < 1.29 is 19.1 Å². The van der Waals surface area contributed by atoms with E-state index in [1.807, 2.05) is 55.5 Å². The van der Waals surface area contributed by atoms with Crippen molar-refractivity contribution in [2.45, 2.75) is 39.2 Å². The number of ether oxygens (including phenoxy) is 2. The van der Waals surface area contributed by atoms with Gasteiger partial charge in [0.15, 0.2) is 6.10 Å². The third-order valence-corrected chi connectivity index (χ3v) is 5.80. The number of aromatic nitrogens is 1. The van der Waals surface area contributed by atoms with Crippen molar-refractivity contribution in [3.05, 3.63) is 70.9 Å². The zero-order valence-electron chi connectivity index (χ0n) is 19.2. The maximum atomic E-state index is 13.3. The Balaban J connectivity index is 1.71. The van der Waals surface area contributed by atoms with Crippen LogP contribution in [0, 0.1) is 0 Å². The van der Waals surface area contributed by atoms with Crippen LogP contribution in [0.4, 0.5) is 0 Å². The summed E-state index contributed by atoms with van der Waals surface area (Å²) in [6, 6.07) is 15.4. The van der Waals surface area contributed by atoms with Gasteiger partial charge in [-0.1, -0.05) is 37.3 Å². The first kappa shape index (κ1) is 22.5. The van der Waals surface area contributed by atoms with Crippen LogP contribution in [0.25, 0.3) is 22.6 Å². The van der Waals surface area contributed by atoms with E-state index in [4.69, 9.17) is 14.5 Å². The van der Waals surface area contributed by atoms with E-state index in [-0.39, 0.29) is 5.91 Å². The van der Waals surface area contributed by atoms with Crippen molar-refractivity contribution in [2.24, 2.45) is 0 Å². The number of para-hydroxylation sites is 1. The van der Waals surface area contributed by atoms with Crippen molar-refractivity contribution in [1.82, 2.24) is 10.3 Å². The topological polar surface area (TPSA) is 77.5 Å². The number of carbonyl (C=O) groups is 2. The third-order valence-electron chi connectivity index (χ3n) is 5.80. The molecular formula is C27H28N2O4. The van der Waals surface area contributed by atoms with E-state index in [0.29, 0.717) is 18.5 Å². The lowest BCUT2D eigenvalue weighted by molar-refractivity contribution is -0.129. The number of amides is 1. The van der Waals surface area contributed by atoms with Gasteiger partial charge in [0.1, 0.15) is 5.75 Å². The smallest absolute Gasteiger partial charge is 0.339 e. The fourth-order valence-electron chi connectivity index (χ4n) is 4.08. The predicted octanol–water partition coefficient (Wildman–Crippen LogP) is 4.80. The van der Waals surface area contributed by atoms with Gasteiger partial charge in [0.05, 0.1) is 23.9 Å². The van der Waals surface area contributed by atoms with Gasteiger partial charge in [0, 0.05) is 11.9 Å². The molecule has 0 bridgehead atoms. The summed E-state index contributed by atoms with van der Waals surface area (Å²) in [5.74, 6) is 0.0187. The van der Waals surface area contributed by atoms with E-state index in [9.17, 15) is 9.59 Å². The summed E-state index contributed by atoms with van der Waals surface area (Å²) in [7, 11) is 1.64. The first-order valence-corrected chi connectivity index (χ1v) is 11.3. The third kappa shape index (κ3) is 4.75. The first-order valence-electron chi connectivity index (χ1n) is 11.3. The second-order valence-electron chi connectivity index (χ2n) is 8.11. The lowest BCUT2D eigenvalue weighted by Gasteiger charge is -2.16. The summed E-state index contributed by atoms with van der Waals surface area (Å²) in [5.41, 5.74) is 5.04. The van der Waals surface area contributed by atoms with Gasteiger partial charge in [-0.05, 0) is 67.2 Å². The summed E-state index contributed by atoms with van der Waals surface area (Å²) >= 11 is 0. The number of rotatable bonds is 7. The van der Waals surface area contributed by atoms with Crippen molar-refractivity contribution in [2.75, 3.05) is 13.7 Å². The number of allylic oxidation sites excluding steroid dienone is 1. The monoisotopic (exact) mass is 444 g/mol. The minimum atomic E-state index is -0.873. The maximum absolute atomic E-state index is 13.3. The average molecular weight is 445 g/mol. The Kier molecular flexibility index (Phi) is 6.73. The van der Waals surface area contributed by atoms with Gasteiger partial charge in [-0.3, -0.25) is 4.79 Å². The van der Waals surface area contributed by atoms with Gasteiger partial charge in [-0.2, -0.15) is 0 Å². The molecule has 1 unspecified atom stereocenters. The summed E-state index contributed by atoms with van der Waals surface area (Å²) < 4.78 is 10.8.